The van der Waals surface area contributed by atoms with E-state index in [9.17, 15) is 5.11 Å². The SMILES string of the molecule is CSCC[C@]1(C)CCc2c(C)c(O)c(C)c(C)c2O1. The molecule has 0 saturated heterocycles. The molecule has 19 heavy (non-hydrogen) atoms. The van der Waals surface area contributed by atoms with Crippen molar-refractivity contribution in [1.82, 2.24) is 0 Å². The molecule has 1 aliphatic heterocycles. The quantitative estimate of drug-likeness (QED) is 0.901. The molecule has 0 aromatic heterocycles. The number of aromatic hydroxyl groups is 1. The maximum Gasteiger partial charge on any atom is 0.127 e. The van der Waals surface area contributed by atoms with E-state index in [1.807, 2.05) is 32.5 Å². The highest BCUT2D eigenvalue weighted by atomic mass is 32.2. The third-order valence-corrected chi connectivity index (χ3v) is 5.04. The number of hydrogen-bond donors (Lipinski definition) is 1. The molecule has 2 rings (SSSR count). The van der Waals surface area contributed by atoms with E-state index in [4.69, 9.17) is 4.74 Å². The molecule has 0 fully saturated rings. The summed E-state index contributed by atoms with van der Waals surface area (Å²) in [6.45, 7) is 8.22. The second-order valence-electron chi connectivity index (χ2n) is 5.83. The minimum atomic E-state index is -0.0589. The molecule has 0 unspecified atom stereocenters. The summed E-state index contributed by atoms with van der Waals surface area (Å²) in [5.41, 5.74) is 4.17. The van der Waals surface area contributed by atoms with Gasteiger partial charge in [-0.05, 0) is 75.7 Å². The molecule has 0 amide bonds. The van der Waals surface area contributed by atoms with Crippen LogP contribution in [0.2, 0.25) is 0 Å². The van der Waals surface area contributed by atoms with Crippen LogP contribution in [0.1, 0.15) is 42.0 Å². The highest BCUT2D eigenvalue weighted by Crippen LogP contribution is 2.44. The van der Waals surface area contributed by atoms with Crippen LogP contribution in [-0.2, 0) is 6.42 Å². The molecule has 1 aliphatic rings. The Kier molecular flexibility index (Phi) is 4.05. The van der Waals surface area contributed by atoms with Gasteiger partial charge in [-0.1, -0.05) is 0 Å². The van der Waals surface area contributed by atoms with Gasteiger partial charge in [0.1, 0.15) is 17.1 Å². The number of phenolic OH excluding ortho intramolecular Hbond substituents is 1. The minimum absolute atomic E-state index is 0.0589. The highest BCUT2D eigenvalue weighted by molar-refractivity contribution is 7.98. The summed E-state index contributed by atoms with van der Waals surface area (Å²) in [4.78, 5) is 0. The Bertz CT molecular complexity index is 496. The van der Waals surface area contributed by atoms with Crippen LogP contribution in [0.4, 0.5) is 0 Å². The molecule has 1 N–H and O–H groups in total. The summed E-state index contributed by atoms with van der Waals surface area (Å²) < 4.78 is 6.34. The molecule has 0 saturated carbocycles. The van der Waals surface area contributed by atoms with Gasteiger partial charge in [-0.25, -0.2) is 0 Å². The van der Waals surface area contributed by atoms with Gasteiger partial charge in [0.15, 0.2) is 0 Å². The number of thioether (sulfide) groups is 1. The molecule has 0 aliphatic carbocycles. The third kappa shape index (κ3) is 2.58. The maximum atomic E-state index is 10.2. The largest absolute Gasteiger partial charge is 0.507 e. The lowest BCUT2D eigenvalue weighted by Crippen LogP contribution is -2.37. The predicted octanol–water partition coefficient (Wildman–Crippen LogP) is 4.15. The molecule has 2 nitrogen and oxygen atoms in total. The molecular weight excluding hydrogens is 256 g/mol. The number of rotatable bonds is 3. The molecule has 0 radical (unpaired) electrons. The minimum Gasteiger partial charge on any atom is -0.507 e. The van der Waals surface area contributed by atoms with Crippen molar-refractivity contribution in [2.24, 2.45) is 0 Å². The smallest absolute Gasteiger partial charge is 0.127 e. The van der Waals surface area contributed by atoms with Crippen molar-refractivity contribution in [1.29, 1.82) is 0 Å². The Hall–Kier alpha value is -0.830. The van der Waals surface area contributed by atoms with E-state index >= 15 is 0 Å². The molecule has 106 valence electrons. The predicted molar refractivity (Wildman–Crippen MR) is 82.7 cm³/mol. The van der Waals surface area contributed by atoms with Gasteiger partial charge < -0.3 is 9.84 Å². The number of hydrogen-bond acceptors (Lipinski definition) is 3. The number of phenols is 1. The average molecular weight is 280 g/mol. The Morgan fingerprint density at radius 2 is 1.89 bits per heavy atom. The first kappa shape index (κ1) is 14.6. The first-order valence-electron chi connectivity index (χ1n) is 6.89. The van der Waals surface area contributed by atoms with Gasteiger partial charge in [-0.15, -0.1) is 0 Å². The van der Waals surface area contributed by atoms with E-state index in [0.717, 1.165) is 47.5 Å². The zero-order valence-electron chi connectivity index (χ0n) is 12.6. The van der Waals surface area contributed by atoms with Gasteiger partial charge in [0, 0.05) is 5.56 Å². The topological polar surface area (TPSA) is 29.5 Å². The van der Waals surface area contributed by atoms with E-state index in [-0.39, 0.29) is 5.60 Å². The zero-order valence-corrected chi connectivity index (χ0v) is 13.4. The summed E-state index contributed by atoms with van der Waals surface area (Å²) >= 11 is 1.87. The molecule has 1 aromatic carbocycles. The van der Waals surface area contributed by atoms with Crippen LogP contribution in [0.15, 0.2) is 0 Å². The van der Waals surface area contributed by atoms with E-state index in [1.165, 1.54) is 5.56 Å². The molecule has 0 bridgehead atoms. The molecule has 3 heteroatoms. The lowest BCUT2D eigenvalue weighted by atomic mass is 9.86. The van der Waals surface area contributed by atoms with E-state index in [1.54, 1.807) is 0 Å². The Balaban J connectivity index is 2.40. The van der Waals surface area contributed by atoms with Crippen LogP contribution in [0.5, 0.6) is 11.5 Å². The summed E-state index contributed by atoms with van der Waals surface area (Å²) in [5.74, 6) is 2.58. The monoisotopic (exact) mass is 280 g/mol. The van der Waals surface area contributed by atoms with Crippen LogP contribution in [0.25, 0.3) is 0 Å². The fourth-order valence-electron chi connectivity index (χ4n) is 2.79. The Labute approximate surface area is 120 Å². The van der Waals surface area contributed by atoms with Crippen LogP contribution < -0.4 is 4.74 Å². The maximum absolute atomic E-state index is 10.2. The van der Waals surface area contributed by atoms with Crippen LogP contribution in [0.3, 0.4) is 0 Å². The van der Waals surface area contributed by atoms with E-state index in [2.05, 4.69) is 13.2 Å². The summed E-state index contributed by atoms with van der Waals surface area (Å²) in [5, 5.41) is 10.2. The van der Waals surface area contributed by atoms with Gasteiger partial charge in [-0.2, -0.15) is 11.8 Å². The van der Waals surface area contributed by atoms with Crippen molar-refractivity contribution in [3.8, 4) is 11.5 Å². The third-order valence-electron chi connectivity index (χ3n) is 4.43. The summed E-state index contributed by atoms with van der Waals surface area (Å²) in [6, 6.07) is 0. The molecule has 1 atom stereocenters. The second-order valence-corrected chi connectivity index (χ2v) is 6.81. The first-order valence-corrected chi connectivity index (χ1v) is 8.28. The van der Waals surface area contributed by atoms with Crippen molar-refractivity contribution in [3.05, 3.63) is 22.3 Å². The molecule has 0 spiro atoms. The molecular formula is C16H24O2S. The lowest BCUT2D eigenvalue weighted by molar-refractivity contribution is 0.0610. The Morgan fingerprint density at radius 1 is 1.21 bits per heavy atom. The zero-order chi connectivity index (χ0) is 14.2. The standard InChI is InChI=1S/C16H24O2S/c1-10-11(2)15-13(12(3)14(10)17)6-7-16(4,18-15)8-9-19-5/h17H,6-9H2,1-5H3/t16-/m0/s1. The van der Waals surface area contributed by atoms with Crippen molar-refractivity contribution >= 4 is 11.8 Å². The summed E-state index contributed by atoms with van der Waals surface area (Å²) in [7, 11) is 0. The van der Waals surface area contributed by atoms with Gasteiger partial charge >= 0.3 is 0 Å². The van der Waals surface area contributed by atoms with E-state index < -0.39 is 0 Å². The van der Waals surface area contributed by atoms with Crippen molar-refractivity contribution < 1.29 is 9.84 Å². The summed E-state index contributed by atoms with van der Waals surface area (Å²) in [6.07, 6.45) is 5.24. The van der Waals surface area contributed by atoms with Gasteiger partial charge in [0.05, 0.1) is 0 Å². The fraction of sp³-hybridized carbons (Fsp3) is 0.625. The molecule has 1 heterocycles. The van der Waals surface area contributed by atoms with Crippen LogP contribution >= 0.6 is 11.8 Å². The highest BCUT2D eigenvalue weighted by Gasteiger charge is 2.33. The lowest BCUT2D eigenvalue weighted by Gasteiger charge is -2.38. The van der Waals surface area contributed by atoms with Gasteiger partial charge in [0.2, 0.25) is 0 Å². The normalized spacial score (nSPS) is 21.9. The van der Waals surface area contributed by atoms with Gasteiger partial charge in [0.25, 0.3) is 0 Å². The number of ether oxygens (including phenoxy) is 1. The Morgan fingerprint density at radius 3 is 2.53 bits per heavy atom. The number of benzene rings is 1. The van der Waals surface area contributed by atoms with Crippen molar-refractivity contribution in [2.45, 2.75) is 52.6 Å². The second kappa shape index (κ2) is 5.28. The van der Waals surface area contributed by atoms with Crippen molar-refractivity contribution in [3.63, 3.8) is 0 Å². The van der Waals surface area contributed by atoms with Crippen LogP contribution in [-0.4, -0.2) is 22.7 Å². The fourth-order valence-corrected chi connectivity index (χ4v) is 3.42. The van der Waals surface area contributed by atoms with Crippen LogP contribution in [0, 0.1) is 20.8 Å². The average Bonchev–Trinajstić information content (AvgIpc) is 2.40. The van der Waals surface area contributed by atoms with E-state index in [0.29, 0.717) is 5.75 Å². The number of fused-ring (bicyclic) bond motifs is 1. The van der Waals surface area contributed by atoms with Crippen molar-refractivity contribution in [2.75, 3.05) is 12.0 Å². The molecule has 1 aromatic rings. The van der Waals surface area contributed by atoms with Gasteiger partial charge in [-0.3, -0.25) is 0 Å². The first-order chi connectivity index (χ1) is 8.89.